The molecule has 1 amide bonds. The Morgan fingerprint density at radius 2 is 1.81 bits per heavy atom. The molecule has 0 aliphatic heterocycles. The molecule has 0 aromatic carbocycles. The number of carbonyl (C=O) groups excluding carboxylic acids is 1. The molecule has 0 fully saturated rings. The number of carboxylic acids is 1. The highest BCUT2D eigenvalue weighted by molar-refractivity contribution is 7.09. The average Bonchev–Trinajstić information content (AvgIpc) is 3.05. The number of amides is 1. The fraction of sp³-hybridized carbons (Fsp3) is 0.737. The lowest BCUT2D eigenvalue weighted by molar-refractivity contribution is -0.137. The smallest absolute Gasteiger partial charge is 0.305 e. The van der Waals surface area contributed by atoms with Gasteiger partial charge in [-0.1, -0.05) is 32.1 Å². The molecule has 0 saturated carbocycles. The number of unbranched alkanes of at least 4 members (excludes halogenated alkanes) is 6. The Hall–Kier alpha value is -1.47. The van der Waals surface area contributed by atoms with Crippen molar-refractivity contribution in [1.82, 2.24) is 15.2 Å². The number of nitrogens with one attached hydrogen (secondary N) is 1. The van der Waals surface area contributed by atoms with Crippen molar-refractivity contribution in [3.8, 4) is 0 Å². The van der Waals surface area contributed by atoms with Gasteiger partial charge in [0.2, 0.25) is 5.91 Å². The number of carbonyl (C=O) groups is 2. The molecule has 0 saturated heterocycles. The fourth-order valence-corrected chi connectivity index (χ4v) is 3.59. The number of likely N-dealkylation sites (N-methyl/N-ethyl adjacent to an activating group) is 1. The summed E-state index contributed by atoms with van der Waals surface area (Å²) in [6.07, 6.45) is 11.5. The topological polar surface area (TPSA) is 82.5 Å². The van der Waals surface area contributed by atoms with Gasteiger partial charge in [-0.05, 0) is 33.4 Å². The highest BCUT2D eigenvalue weighted by Gasteiger charge is 2.16. The van der Waals surface area contributed by atoms with Gasteiger partial charge in [0.1, 0.15) is 0 Å². The minimum atomic E-state index is -0.882. The van der Waals surface area contributed by atoms with Crippen LogP contribution in [0.15, 0.2) is 11.7 Å². The average molecular weight is 384 g/mol. The maximum atomic E-state index is 12.0. The van der Waals surface area contributed by atoms with Gasteiger partial charge >= 0.3 is 5.97 Å². The molecule has 1 rings (SSSR count). The van der Waals surface area contributed by atoms with Gasteiger partial charge in [-0.25, -0.2) is 0 Å². The summed E-state index contributed by atoms with van der Waals surface area (Å²) in [5, 5.41) is 11.8. The summed E-state index contributed by atoms with van der Waals surface area (Å²) < 4.78 is 0. The van der Waals surface area contributed by atoms with Gasteiger partial charge in [0, 0.05) is 24.0 Å². The van der Waals surface area contributed by atoms with E-state index in [1.807, 2.05) is 30.7 Å². The third-order valence-corrected chi connectivity index (χ3v) is 5.02. The van der Waals surface area contributed by atoms with E-state index in [2.05, 4.69) is 10.3 Å². The van der Waals surface area contributed by atoms with Gasteiger partial charge in [0.15, 0.2) is 0 Å². The van der Waals surface area contributed by atoms with Gasteiger partial charge in [0.25, 0.3) is 0 Å². The molecule has 0 spiro atoms. The quantitative estimate of drug-likeness (QED) is 0.454. The molecule has 1 aromatic heterocycles. The van der Waals surface area contributed by atoms with E-state index >= 15 is 0 Å². The SMILES string of the molecule is CN(C)CC(CC(=O)O)NC(=O)CCCCCCCCCc1cncs1. The monoisotopic (exact) mass is 383 g/mol. The van der Waals surface area contributed by atoms with Crippen LogP contribution in [0.25, 0.3) is 0 Å². The van der Waals surface area contributed by atoms with Crippen molar-refractivity contribution >= 4 is 23.2 Å². The predicted molar refractivity (Wildman–Crippen MR) is 105 cm³/mol. The number of aliphatic carboxylic acids is 1. The minimum absolute atomic E-state index is 0.0363. The number of hydrogen-bond acceptors (Lipinski definition) is 5. The summed E-state index contributed by atoms with van der Waals surface area (Å²) in [6.45, 7) is 0.541. The van der Waals surface area contributed by atoms with E-state index in [1.54, 1.807) is 11.3 Å². The molecule has 0 aliphatic carbocycles. The molecule has 1 aromatic rings. The minimum Gasteiger partial charge on any atom is -0.481 e. The third-order valence-electron chi connectivity index (χ3n) is 4.18. The van der Waals surface area contributed by atoms with E-state index in [-0.39, 0.29) is 18.4 Å². The zero-order valence-electron chi connectivity index (χ0n) is 16.1. The van der Waals surface area contributed by atoms with Gasteiger partial charge in [0.05, 0.1) is 18.0 Å². The Labute approximate surface area is 161 Å². The predicted octanol–water partition coefficient (Wildman–Crippen LogP) is 3.33. The number of nitrogens with zero attached hydrogens (tertiary/aromatic N) is 2. The van der Waals surface area contributed by atoms with Crippen molar-refractivity contribution in [2.24, 2.45) is 0 Å². The summed E-state index contributed by atoms with van der Waals surface area (Å²) >= 11 is 1.73. The molecule has 0 bridgehead atoms. The first kappa shape index (κ1) is 22.6. The zero-order valence-corrected chi connectivity index (χ0v) is 16.9. The second-order valence-corrected chi connectivity index (χ2v) is 8.04. The standard InChI is InChI=1S/C19H33N3O3S/c1-22(2)14-16(12-19(24)25)21-18(23)11-9-7-5-3-4-6-8-10-17-13-20-15-26-17/h13,15-16H,3-12,14H2,1-2H3,(H,21,23)(H,24,25). The number of hydrogen-bond donors (Lipinski definition) is 2. The van der Waals surface area contributed by atoms with Gasteiger partial charge in [-0.15, -0.1) is 11.3 Å². The maximum Gasteiger partial charge on any atom is 0.305 e. The lowest BCUT2D eigenvalue weighted by Gasteiger charge is -2.20. The summed E-state index contributed by atoms with van der Waals surface area (Å²) in [5.74, 6) is -0.921. The van der Waals surface area contributed by atoms with Crippen LogP contribution >= 0.6 is 11.3 Å². The van der Waals surface area contributed by atoms with Crippen molar-refractivity contribution in [3.63, 3.8) is 0 Å². The third kappa shape index (κ3) is 12.0. The van der Waals surface area contributed by atoms with E-state index in [0.29, 0.717) is 13.0 Å². The van der Waals surface area contributed by atoms with Crippen LogP contribution in [0.4, 0.5) is 0 Å². The summed E-state index contributed by atoms with van der Waals surface area (Å²) in [5.41, 5.74) is 1.88. The second-order valence-electron chi connectivity index (χ2n) is 7.07. The van der Waals surface area contributed by atoms with Crippen LogP contribution in [0.1, 0.15) is 62.7 Å². The molecule has 26 heavy (non-hydrogen) atoms. The lowest BCUT2D eigenvalue weighted by atomic mass is 10.1. The molecule has 1 unspecified atom stereocenters. The Morgan fingerprint density at radius 1 is 1.15 bits per heavy atom. The fourth-order valence-electron chi connectivity index (χ4n) is 2.95. The van der Waals surface area contributed by atoms with E-state index in [1.165, 1.54) is 30.6 Å². The van der Waals surface area contributed by atoms with E-state index < -0.39 is 5.97 Å². The molecule has 1 heterocycles. The summed E-state index contributed by atoms with van der Waals surface area (Å²) in [7, 11) is 3.75. The van der Waals surface area contributed by atoms with Crippen LogP contribution in [-0.2, 0) is 16.0 Å². The van der Waals surface area contributed by atoms with Crippen LogP contribution in [-0.4, -0.2) is 53.5 Å². The number of rotatable bonds is 15. The summed E-state index contributed by atoms with van der Waals surface area (Å²) in [4.78, 5) is 30.2. The highest BCUT2D eigenvalue weighted by Crippen LogP contribution is 2.13. The van der Waals surface area contributed by atoms with Crippen molar-refractivity contribution in [3.05, 3.63) is 16.6 Å². The lowest BCUT2D eigenvalue weighted by Crippen LogP contribution is -2.42. The first-order valence-corrected chi connectivity index (χ1v) is 10.4. The van der Waals surface area contributed by atoms with Crippen LogP contribution in [0.5, 0.6) is 0 Å². The Bertz CT molecular complexity index is 506. The number of aryl methyl sites for hydroxylation is 1. The van der Waals surface area contributed by atoms with Gasteiger partial charge < -0.3 is 15.3 Å². The molecule has 148 valence electrons. The molecule has 2 N–H and O–H groups in total. The number of thiazole rings is 1. The Kier molecular flexibility index (Phi) is 11.9. The first-order valence-electron chi connectivity index (χ1n) is 9.50. The largest absolute Gasteiger partial charge is 0.481 e. The molecule has 0 radical (unpaired) electrons. The molecular weight excluding hydrogens is 350 g/mol. The second kappa shape index (κ2) is 13.7. The molecule has 1 atom stereocenters. The summed E-state index contributed by atoms with van der Waals surface area (Å²) in [6, 6.07) is -0.325. The van der Waals surface area contributed by atoms with Crippen molar-refractivity contribution in [1.29, 1.82) is 0 Å². The normalized spacial score (nSPS) is 12.3. The first-order chi connectivity index (χ1) is 12.5. The van der Waals surface area contributed by atoms with E-state index in [0.717, 1.165) is 25.7 Å². The van der Waals surface area contributed by atoms with Crippen molar-refractivity contribution < 1.29 is 14.7 Å². The Morgan fingerprint density at radius 3 is 2.38 bits per heavy atom. The number of carboxylic acid groups (broad SMARTS) is 1. The van der Waals surface area contributed by atoms with Gasteiger partial charge in [-0.3, -0.25) is 14.6 Å². The number of aromatic nitrogens is 1. The zero-order chi connectivity index (χ0) is 19.2. The molecule has 6 nitrogen and oxygen atoms in total. The van der Waals surface area contributed by atoms with Crippen LogP contribution in [0.2, 0.25) is 0 Å². The van der Waals surface area contributed by atoms with E-state index in [9.17, 15) is 9.59 Å². The molecule has 7 heteroatoms. The van der Waals surface area contributed by atoms with Crippen LogP contribution in [0.3, 0.4) is 0 Å². The van der Waals surface area contributed by atoms with E-state index in [4.69, 9.17) is 5.11 Å². The molecule has 0 aliphatic rings. The highest BCUT2D eigenvalue weighted by atomic mass is 32.1. The van der Waals surface area contributed by atoms with Crippen LogP contribution in [0, 0.1) is 0 Å². The van der Waals surface area contributed by atoms with Crippen LogP contribution < -0.4 is 5.32 Å². The van der Waals surface area contributed by atoms with Gasteiger partial charge in [-0.2, -0.15) is 0 Å². The Balaban J connectivity index is 2.00. The molecular formula is C19H33N3O3S. The van der Waals surface area contributed by atoms with Crippen molar-refractivity contribution in [2.75, 3.05) is 20.6 Å². The van der Waals surface area contributed by atoms with Crippen molar-refractivity contribution in [2.45, 2.75) is 70.3 Å². The maximum absolute atomic E-state index is 12.0.